The van der Waals surface area contributed by atoms with Crippen LogP contribution in [-0.2, 0) is 24.2 Å². The maximum absolute atomic E-state index is 12.9. The summed E-state index contributed by atoms with van der Waals surface area (Å²) in [5.41, 5.74) is 2.11. The van der Waals surface area contributed by atoms with Crippen LogP contribution in [0.1, 0.15) is 41.1 Å². The molecule has 1 amide bonds. The van der Waals surface area contributed by atoms with Crippen molar-refractivity contribution in [2.24, 2.45) is 5.92 Å². The molecule has 1 aliphatic carbocycles. The molecule has 144 valence electrons. The van der Waals surface area contributed by atoms with E-state index in [2.05, 4.69) is 10.3 Å². The average Bonchev–Trinajstić information content (AvgIpc) is 3.25. The van der Waals surface area contributed by atoms with E-state index in [-0.39, 0.29) is 29.7 Å². The molecule has 0 spiro atoms. The van der Waals surface area contributed by atoms with Crippen molar-refractivity contribution >= 4 is 38.9 Å². The lowest BCUT2D eigenvalue weighted by molar-refractivity contribution is -0.118. The molecule has 0 bridgehead atoms. The summed E-state index contributed by atoms with van der Waals surface area (Å²) in [6.07, 6.45) is 4.46. The van der Waals surface area contributed by atoms with E-state index >= 15 is 0 Å². The minimum absolute atomic E-state index is 0.0515. The van der Waals surface area contributed by atoms with E-state index < -0.39 is 0 Å². The van der Waals surface area contributed by atoms with Crippen LogP contribution < -0.4 is 10.9 Å². The smallest absolute Gasteiger partial charge is 0.262 e. The van der Waals surface area contributed by atoms with Crippen LogP contribution in [0.15, 0.2) is 35.4 Å². The first-order valence-corrected chi connectivity index (χ1v) is 10.2. The maximum Gasteiger partial charge on any atom is 0.262 e. The van der Waals surface area contributed by atoms with Crippen LogP contribution >= 0.6 is 11.3 Å². The molecule has 0 unspecified atom stereocenters. The van der Waals surface area contributed by atoms with Crippen molar-refractivity contribution < 1.29 is 9.59 Å². The van der Waals surface area contributed by atoms with Crippen LogP contribution in [0.2, 0.25) is 0 Å². The minimum Gasteiger partial charge on any atom is -0.326 e. The number of carbonyl (C=O) groups is 2. The highest BCUT2D eigenvalue weighted by Gasteiger charge is 2.21. The number of nitrogens with one attached hydrogen (secondary N) is 1. The van der Waals surface area contributed by atoms with Gasteiger partial charge in [-0.15, -0.1) is 11.3 Å². The molecular formula is C21H21N3O3S. The molecule has 2 aromatic heterocycles. The van der Waals surface area contributed by atoms with Gasteiger partial charge in [0.15, 0.2) is 5.78 Å². The number of thiophene rings is 1. The van der Waals surface area contributed by atoms with Gasteiger partial charge < -0.3 is 5.32 Å². The largest absolute Gasteiger partial charge is 0.326 e. The first-order chi connectivity index (χ1) is 13.4. The first-order valence-electron chi connectivity index (χ1n) is 9.38. The van der Waals surface area contributed by atoms with Gasteiger partial charge in [0, 0.05) is 22.0 Å². The number of nitrogens with zero attached hydrogens (tertiary/aromatic N) is 2. The van der Waals surface area contributed by atoms with Crippen LogP contribution in [0.3, 0.4) is 0 Å². The molecular weight excluding hydrogens is 374 g/mol. The molecule has 0 radical (unpaired) electrons. The Morgan fingerprint density at radius 1 is 1.21 bits per heavy atom. The van der Waals surface area contributed by atoms with Gasteiger partial charge in [0.1, 0.15) is 4.83 Å². The Hall–Kier alpha value is -2.80. The highest BCUT2D eigenvalue weighted by Crippen LogP contribution is 2.34. The standard InChI is InChI=1S/C21H21N3O3S/c1-12(2)19(26)23-14-8-6-13(7-9-14)16(25)10-24-11-22-20-18(21(24)27)15-4-3-5-17(15)28-20/h6-9,11-12H,3-5,10H2,1-2H3,(H,23,26). The number of rotatable bonds is 5. The zero-order valence-corrected chi connectivity index (χ0v) is 16.6. The molecule has 7 heteroatoms. The summed E-state index contributed by atoms with van der Waals surface area (Å²) < 4.78 is 1.39. The Morgan fingerprint density at radius 2 is 1.96 bits per heavy atom. The third-order valence-corrected chi connectivity index (χ3v) is 6.20. The number of fused-ring (bicyclic) bond motifs is 3. The molecule has 0 aliphatic heterocycles. The number of benzene rings is 1. The maximum atomic E-state index is 12.9. The Bertz CT molecular complexity index is 1130. The number of aryl methyl sites for hydroxylation is 2. The number of ketones is 1. The summed E-state index contributed by atoms with van der Waals surface area (Å²) in [4.78, 5) is 43.7. The number of hydrogen-bond acceptors (Lipinski definition) is 5. The van der Waals surface area contributed by atoms with Crippen LogP contribution in [0, 0.1) is 5.92 Å². The fourth-order valence-electron chi connectivity index (χ4n) is 3.40. The van der Waals surface area contributed by atoms with E-state index in [4.69, 9.17) is 0 Å². The topological polar surface area (TPSA) is 81.1 Å². The molecule has 2 heterocycles. The highest BCUT2D eigenvalue weighted by molar-refractivity contribution is 7.18. The molecule has 0 saturated carbocycles. The molecule has 0 fully saturated rings. The SMILES string of the molecule is CC(C)C(=O)Nc1ccc(C(=O)Cn2cnc3sc4c(c3c2=O)CCC4)cc1. The zero-order valence-electron chi connectivity index (χ0n) is 15.8. The van der Waals surface area contributed by atoms with Crippen molar-refractivity contribution in [3.8, 4) is 0 Å². The second kappa shape index (κ2) is 7.31. The number of aromatic nitrogens is 2. The molecule has 1 aliphatic rings. The fourth-order valence-corrected chi connectivity index (χ4v) is 4.62. The lowest BCUT2D eigenvalue weighted by Gasteiger charge is -2.09. The van der Waals surface area contributed by atoms with Gasteiger partial charge in [-0.25, -0.2) is 4.98 Å². The molecule has 1 aromatic carbocycles. The monoisotopic (exact) mass is 395 g/mol. The molecule has 3 aromatic rings. The summed E-state index contributed by atoms with van der Waals surface area (Å²) in [5, 5.41) is 3.47. The van der Waals surface area contributed by atoms with Crippen LogP contribution in [0.25, 0.3) is 10.2 Å². The van der Waals surface area contributed by atoms with Crippen molar-refractivity contribution in [2.75, 3.05) is 5.32 Å². The predicted octanol–water partition coefficient (Wildman–Crippen LogP) is 3.42. The molecule has 0 saturated heterocycles. The number of amides is 1. The quantitative estimate of drug-likeness (QED) is 0.671. The number of Topliss-reactive ketones (excluding diaryl/α,β-unsaturated/α-hetero) is 1. The molecule has 28 heavy (non-hydrogen) atoms. The summed E-state index contributed by atoms with van der Waals surface area (Å²) in [6, 6.07) is 6.72. The second-order valence-corrected chi connectivity index (χ2v) is 8.44. The van der Waals surface area contributed by atoms with Crippen molar-refractivity contribution in [3.63, 3.8) is 0 Å². The van der Waals surface area contributed by atoms with E-state index in [1.807, 2.05) is 13.8 Å². The van der Waals surface area contributed by atoms with Gasteiger partial charge >= 0.3 is 0 Å². The zero-order chi connectivity index (χ0) is 19.8. The Morgan fingerprint density at radius 3 is 2.68 bits per heavy atom. The van der Waals surface area contributed by atoms with E-state index in [0.717, 1.165) is 29.7 Å². The molecule has 1 N–H and O–H groups in total. The number of carbonyl (C=O) groups excluding carboxylic acids is 2. The molecule has 6 nitrogen and oxygen atoms in total. The Kier molecular flexibility index (Phi) is 4.85. The van der Waals surface area contributed by atoms with E-state index in [1.165, 1.54) is 15.8 Å². The average molecular weight is 395 g/mol. The van der Waals surface area contributed by atoms with Crippen molar-refractivity contribution in [2.45, 2.75) is 39.7 Å². The minimum atomic E-state index is -0.170. The fraction of sp³-hybridized carbons (Fsp3) is 0.333. The van der Waals surface area contributed by atoms with Crippen molar-refractivity contribution in [3.05, 3.63) is 57.0 Å². The number of hydrogen-bond donors (Lipinski definition) is 1. The van der Waals surface area contributed by atoms with Gasteiger partial charge in [0.05, 0.1) is 18.3 Å². The van der Waals surface area contributed by atoms with Crippen LogP contribution in [0.5, 0.6) is 0 Å². The van der Waals surface area contributed by atoms with E-state index in [1.54, 1.807) is 35.6 Å². The van der Waals surface area contributed by atoms with Crippen molar-refractivity contribution in [1.29, 1.82) is 0 Å². The van der Waals surface area contributed by atoms with Gasteiger partial charge in [-0.1, -0.05) is 13.8 Å². The second-order valence-electron chi connectivity index (χ2n) is 7.36. The van der Waals surface area contributed by atoms with Crippen LogP contribution in [0.4, 0.5) is 5.69 Å². The molecule has 0 atom stereocenters. The third kappa shape index (κ3) is 3.38. The lowest BCUT2D eigenvalue weighted by Crippen LogP contribution is -2.24. The summed E-state index contributed by atoms with van der Waals surface area (Å²) >= 11 is 1.59. The van der Waals surface area contributed by atoms with Gasteiger partial charge in [-0.05, 0) is 49.1 Å². The predicted molar refractivity (Wildman–Crippen MR) is 110 cm³/mol. The first kappa shape index (κ1) is 18.6. The normalized spacial score (nSPS) is 13.1. The third-order valence-electron chi connectivity index (χ3n) is 5.00. The van der Waals surface area contributed by atoms with Gasteiger partial charge in [0.2, 0.25) is 5.91 Å². The molecule has 4 rings (SSSR count). The highest BCUT2D eigenvalue weighted by atomic mass is 32.1. The summed E-state index contributed by atoms with van der Waals surface area (Å²) in [5.74, 6) is -0.362. The van der Waals surface area contributed by atoms with Gasteiger partial charge in [-0.3, -0.25) is 19.0 Å². The van der Waals surface area contributed by atoms with Gasteiger partial charge in [0.25, 0.3) is 5.56 Å². The Balaban J connectivity index is 1.54. The van der Waals surface area contributed by atoms with E-state index in [9.17, 15) is 14.4 Å². The Labute approximate surface area is 166 Å². The van der Waals surface area contributed by atoms with Crippen LogP contribution in [-0.4, -0.2) is 21.2 Å². The lowest BCUT2D eigenvalue weighted by atomic mass is 10.1. The summed E-state index contributed by atoms with van der Waals surface area (Å²) in [7, 11) is 0. The van der Waals surface area contributed by atoms with Gasteiger partial charge in [-0.2, -0.15) is 0 Å². The number of anilines is 1. The van der Waals surface area contributed by atoms with Crippen molar-refractivity contribution in [1.82, 2.24) is 9.55 Å². The van der Waals surface area contributed by atoms with E-state index in [0.29, 0.717) is 16.6 Å². The summed E-state index contributed by atoms with van der Waals surface area (Å²) in [6.45, 7) is 3.58.